The van der Waals surface area contributed by atoms with Crippen LogP contribution in [0, 0.1) is 11.6 Å². The van der Waals surface area contributed by atoms with E-state index in [0.717, 1.165) is 11.6 Å². The molecule has 0 aromatic heterocycles. The van der Waals surface area contributed by atoms with Crippen LogP contribution in [0.4, 0.5) is 8.78 Å². The van der Waals surface area contributed by atoms with Gasteiger partial charge in [-0.3, -0.25) is 0 Å². The van der Waals surface area contributed by atoms with E-state index in [9.17, 15) is 8.78 Å². The van der Waals surface area contributed by atoms with Gasteiger partial charge in [-0.25, -0.2) is 8.78 Å². The summed E-state index contributed by atoms with van der Waals surface area (Å²) in [5, 5.41) is 3.55. The van der Waals surface area contributed by atoms with Crippen molar-refractivity contribution in [1.82, 2.24) is 5.32 Å². The maximum absolute atomic E-state index is 13.6. The SMILES string of the molecule is CCNC(c1cc(F)c(F)cc1Cl)C(C)c1ccccc1. The van der Waals surface area contributed by atoms with Crippen LogP contribution in [0.15, 0.2) is 42.5 Å². The van der Waals surface area contributed by atoms with Gasteiger partial charge in [0.05, 0.1) is 0 Å². The molecule has 4 heteroatoms. The van der Waals surface area contributed by atoms with Crippen LogP contribution in [0.1, 0.15) is 36.9 Å². The first-order chi connectivity index (χ1) is 10.0. The molecule has 2 unspecified atom stereocenters. The van der Waals surface area contributed by atoms with Crippen LogP contribution in [-0.2, 0) is 0 Å². The summed E-state index contributed by atoms with van der Waals surface area (Å²) in [6.07, 6.45) is 0. The van der Waals surface area contributed by atoms with E-state index < -0.39 is 11.6 Å². The van der Waals surface area contributed by atoms with Crippen molar-refractivity contribution < 1.29 is 8.78 Å². The molecule has 0 heterocycles. The number of likely N-dealkylation sites (N-methyl/N-ethyl adjacent to an activating group) is 1. The van der Waals surface area contributed by atoms with Gasteiger partial charge in [0.25, 0.3) is 0 Å². The molecule has 0 aliphatic carbocycles. The average Bonchev–Trinajstić information content (AvgIpc) is 2.49. The Kier molecular flexibility index (Phi) is 5.32. The summed E-state index contributed by atoms with van der Waals surface area (Å²) in [6, 6.07) is 11.9. The van der Waals surface area contributed by atoms with Crippen molar-refractivity contribution in [2.45, 2.75) is 25.8 Å². The molecule has 0 saturated carbocycles. The quantitative estimate of drug-likeness (QED) is 0.760. The first kappa shape index (κ1) is 15.9. The molecular weight excluding hydrogens is 292 g/mol. The lowest BCUT2D eigenvalue weighted by Crippen LogP contribution is -2.26. The van der Waals surface area contributed by atoms with Gasteiger partial charge in [0.1, 0.15) is 0 Å². The van der Waals surface area contributed by atoms with Gasteiger partial charge in [-0.15, -0.1) is 0 Å². The summed E-state index contributed by atoms with van der Waals surface area (Å²) in [5.41, 5.74) is 1.69. The Morgan fingerprint density at radius 1 is 1.10 bits per heavy atom. The molecule has 0 amide bonds. The second kappa shape index (κ2) is 7.01. The number of halogens is 3. The van der Waals surface area contributed by atoms with Crippen molar-refractivity contribution in [2.24, 2.45) is 0 Å². The van der Waals surface area contributed by atoms with Crippen molar-refractivity contribution >= 4 is 11.6 Å². The average molecular weight is 310 g/mol. The monoisotopic (exact) mass is 309 g/mol. The second-order valence-electron chi connectivity index (χ2n) is 5.02. The van der Waals surface area contributed by atoms with Gasteiger partial charge in [-0.05, 0) is 29.8 Å². The lowest BCUT2D eigenvalue weighted by atomic mass is 9.88. The van der Waals surface area contributed by atoms with Crippen LogP contribution in [0.3, 0.4) is 0 Å². The first-order valence-corrected chi connectivity index (χ1v) is 7.35. The van der Waals surface area contributed by atoms with E-state index >= 15 is 0 Å². The smallest absolute Gasteiger partial charge is 0.160 e. The van der Waals surface area contributed by atoms with E-state index in [4.69, 9.17) is 11.6 Å². The summed E-state index contributed by atoms with van der Waals surface area (Å²) in [6.45, 7) is 4.72. The zero-order valence-electron chi connectivity index (χ0n) is 12.0. The summed E-state index contributed by atoms with van der Waals surface area (Å²) in [7, 11) is 0. The van der Waals surface area contributed by atoms with E-state index in [-0.39, 0.29) is 17.0 Å². The predicted octanol–water partition coefficient (Wildman–Crippen LogP) is 5.07. The molecule has 0 aliphatic heterocycles. The summed E-state index contributed by atoms with van der Waals surface area (Å²) >= 11 is 6.12. The van der Waals surface area contributed by atoms with Crippen LogP contribution in [0.2, 0.25) is 5.02 Å². The van der Waals surface area contributed by atoms with Crippen LogP contribution >= 0.6 is 11.6 Å². The molecule has 0 bridgehead atoms. The minimum Gasteiger partial charge on any atom is -0.310 e. The molecular formula is C17H18ClF2N. The molecule has 1 N–H and O–H groups in total. The Labute approximate surface area is 128 Å². The topological polar surface area (TPSA) is 12.0 Å². The zero-order chi connectivity index (χ0) is 15.4. The largest absolute Gasteiger partial charge is 0.310 e. The van der Waals surface area contributed by atoms with Crippen molar-refractivity contribution in [3.63, 3.8) is 0 Å². The van der Waals surface area contributed by atoms with E-state index in [0.29, 0.717) is 12.1 Å². The molecule has 21 heavy (non-hydrogen) atoms. The Bertz CT molecular complexity index is 601. The van der Waals surface area contributed by atoms with Crippen molar-refractivity contribution in [2.75, 3.05) is 6.54 Å². The van der Waals surface area contributed by atoms with E-state index in [1.807, 2.05) is 44.2 Å². The molecule has 0 fully saturated rings. The van der Waals surface area contributed by atoms with E-state index in [1.54, 1.807) is 0 Å². The minimum atomic E-state index is -0.925. The summed E-state index contributed by atoms with van der Waals surface area (Å²) in [5.74, 6) is -1.72. The lowest BCUT2D eigenvalue weighted by Gasteiger charge is -2.26. The molecule has 0 aliphatic rings. The fraction of sp³-hybridized carbons (Fsp3) is 0.294. The Hall–Kier alpha value is -1.45. The molecule has 0 saturated heterocycles. The van der Waals surface area contributed by atoms with Crippen molar-refractivity contribution in [1.29, 1.82) is 0 Å². The number of rotatable bonds is 5. The standard InChI is InChI=1S/C17H18ClF2N/c1-3-21-17(11(2)12-7-5-4-6-8-12)13-9-15(19)16(20)10-14(13)18/h4-11,17,21H,3H2,1-2H3. The Balaban J connectivity index is 2.42. The molecule has 2 atom stereocenters. The van der Waals surface area contributed by atoms with Gasteiger partial charge in [0.15, 0.2) is 11.6 Å². The zero-order valence-corrected chi connectivity index (χ0v) is 12.8. The fourth-order valence-corrected chi connectivity index (χ4v) is 2.77. The molecule has 2 aromatic carbocycles. The van der Waals surface area contributed by atoms with Gasteiger partial charge in [0, 0.05) is 17.0 Å². The van der Waals surface area contributed by atoms with Crippen LogP contribution in [0.25, 0.3) is 0 Å². The summed E-state index contributed by atoms with van der Waals surface area (Å²) < 4.78 is 26.8. The normalized spacial score (nSPS) is 14.0. The van der Waals surface area contributed by atoms with E-state index in [1.165, 1.54) is 6.07 Å². The van der Waals surface area contributed by atoms with Gasteiger partial charge in [-0.2, -0.15) is 0 Å². The maximum Gasteiger partial charge on any atom is 0.160 e. The van der Waals surface area contributed by atoms with Crippen LogP contribution < -0.4 is 5.32 Å². The fourth-order valence-electron chi connectivity index (χ4n) is 2.50. The van der Waals surface area contributed by atoms with Gasteiger partial charge in [0.2, 0.25) is 0 Å². The number of nitrogens with one attached hydrogen (secondary N) is 1. The van der Waals surface area contributed by atoms with Gasteiger partial charge in [-0.1, -0.05) is 55.8 Å². The van der Waals surface area contributed by atoms with E-state index in [2.05, 4.69) is 5.32 Å². The third kappa shape index (κ3) is 3.60. The van der Waals surface area contributed by atoms with Crippen LogP contribution in [0.5, 0.6) is 0 Å². The molecule has 112 valence electrons. The lowest BCUT2D eigenvalue weighted by molar-refractivity contribution is 0.467. The number of hydrogen-bond acceptors (Lipinski definition) is 1. The Morgan fingerprint density at radius 3 is 2.33 bits per heavy atom. The number of benzene rings is 2. The molecule has 2 rings (SSSR count). The van der Waals surface area contributed by atoms with Crippen molar-refractivity contribution in [3.05, 3.63) is 70.2 Å². The molecule has 2 aromatic rings. The highest BCUT2D eigenvalue weighted by Crippen LogP contribution is 2.35. The van der Waals surface area contributed by atoms with Gasteiger partial charge >= 0.3 is 0 Å². The highest BCUT2D eigenvalue weighted by atomic mass is 35.5. The highest BCUT2D eigenvalue weighted by molar-refractivity contribution is 6.31. The number of hydrogen-bond donors (Lipinski definition) is 1. The minimum absolute atomic E-state index is 0.0773. The summed E-state index contributed by atoms with van der Waals surface area (Å²) in [4.78, 5) is 0. The molecule has 0 spiro atoms. The third-order valence-corrected chi connectivity index (χ3v) is 3.95. The second-order valence-corrected chi connectivity index (χ2v) is 5.43. The van der Waals surface area contributed by atoms with Crippen molar-refractivity contribution in [3.8, 4) is 0 Å². The van der Waals surface area contributed by atoms with Gasteiger partial charge < -0.3 is 5.32 Å². The molecule has 1 nitrogen and oxygen atoms in total. The molecule has 0 radical (unpaired) electrons. The van der Waals surface area contributed by atoms with Crippen LogP contribution in [-0.4, -0.2) is 6.54 Å². The maximum atomic E-state index is 13.6. The third-order valence-electron chi connectivity index (χ3n) is 3.62. The first-order valence-electron chi connectivity index (χ1n) is 6.97. The predicted molar refractivity (Wildman–Crippen MR) is 82.6 cm³/mol. The highest BCUT2D eigenvalue weighted by Gasteiger charge is 2.23. The Morgan fingerprint density at radius 2 is 1.71 bits per heavy atom.